The number of hydrogen-bond acceptors (Lipinski definition) is 3. The second-order valence-corrected chi connectivity index (χ2v) is 5.23. The van der Waals surface area contributed by atoms with E-state index in [4.69, 9.17) is 11.6 Å². The molecular weight excluding hydrogens is 258 g/mol. The lowest BCUT2D eigenvalue weighted by Gasteiger charge is -2.24. The van der Waals surface area contributed by atoms with E-state index in [2.05, 4.69) is 39.1 Å². The smallest absolute Gasteiger partial charge is 0.147 e. The van der Waals surface area contributed by atoms with Crippen LogP contribution in [-0.2, 0) is 13.0 Å². The average molecular weight is 274 g/mol. The molecule has 98 valence electrons. The summed E-state index contributed by atoms with van der Waals surface area (Å²) in [5.74, 6) is 0. The van der Waals surface area contributed by atoms with E-state index in [1.807, 2.05) is 0 Å². The molecule has 0 aliphatic carbocycles. The molecule has 2 aromatic rings. The van der Waals surface area contributed by atoms with Gasteiger partial charge in [-0.2, -0.15) is 0 Å². The maximum atomic E-state index is 5.77. The van der Waals surface area contributed by atoms with E-state index < -0.39 is 0 Å². The summed E-state index contributed by atoms with van der Waals surface area (Å²) in [6.45, 7) is 1.86. The molecule has 0 fully saturated rings. The fourth-order valence-electron chi connectivity index (χ4n) is 2.55. The monoisotopic (exact) mass is 273 g/mol. The SMILES string of the molecule is Clc1cnc(CN2CCCCc3ccccc32)cn1. The normalized spacial score (nSPS) is 14.9. The number of halogens is 1. The van der Waals surface area contributed by atoms with Gasteiger partial charge in [0.05, 0.1) is 24.6 Å². The lowest BCUT2D eigenvalue weighted by molar-refractivity contribution is 0.706. The van der Waals surface area contributed by atoms with Gasteiger partial charge in [0.15, 0.2) is 0 Å². The lowest BCUT2D eigenvalue weighted by atomic mass is 10.1. The van der Waals surface area contributed by atoms with Crippen molar-refractivity contribution in [2.45, 2.75) is 25.8 Å². The van der Waals surface area contributed by atoms with E-state index in [1.165, 1.54) is 30.5 Å². The standard InChI is InChI=1S/C15H16ClN3/c16-15-10-17-13(9-18-15)11-19-8-4-3-6-12-5-1-2-7-14(12)19/h1-2,5,7,9-10H,3-4,6,8,11H2. The Kier molecular flexibility index (Phi) is 3.65. The Labute approximate surface area is 118 Å². The van der Waals surface area contributed by atoms with Gasteiger partial charge >= 0.3 is 0 Å². The third kappa shape index (κ3) is 2.87. The van der Waals surface area contributed by atoms with Gasteiger partial charge < -0.3 is 4.90 Å². The van der Waals surface area contributed by atoms with Crippen molar-refractivity contribution in [1.29, 1.82) is 0 Å². The summed E-state index contributed by atoms with van der Waals surface area (Å²) in [7, 11) is 0. The summed E-state index contributed by atoms with van der Waals surface area (Å²) in [5.41, 5.74) is 3.72. The minimum Gasteiger partial charge on any atom is -0.365 e. The zero-order valence-corrected chi connectivity index (χ0v) is 11.5. The van der Waals surface area contributed by atoms with Crippen molar-refractivity contribution in [1.82, 2.24) is 9.97 Å². The largest absolute Gasteiger partial charge is 0.365 e. The van der Waals surface area contributed by atoms with E-state index in [1.54, 1.807) is 12.4 Å². The van der Waals surface area contributed by atoms with Crippen molar-refractivity contribution in [3.8, 4) is 0 Å². The molecule has 0 radical (unpaired) electrons. The van der Waals surface area contributed by atoms with Crippen molar-refractivity contribution < 1.29 is 0 Å². The molecule has 0 atom stereocenters. The van der Waals surface area contributed by atoms with E-state index in [9.17, 15) is 0 Å². The topological polar surface area (TPSA) is 29.0 Å². The Bertz CT molecular complexity index is 554. The zero-order valence-electron chi connectivity index (χ0n) is 10.7. The molecule has 0 N–H and O–H groups in total. The number of nitrogens with zero attached hydrogens (tertiary/aromatic N) is 3. The molecule has 0 bridgehead atoms. The predicted molar refractivity (Wildman–Crippen MR) is 77.5 cm³/mol. The summed E-state index contributed by atoms with van der Waals surface area (Å²) in [5, 5.41) is 0.444. The lowest BCUT2D eigenvalue weighted by Crippen LogP contribution is -2.24. The summed E-state index contributed by atoms with van der Waals surface area (Å²) >= 11 is 5.77. The van der Waals surface area contributed by atoms with E-state index >= 15 is 0 Å². The molecule has 1 aromatic carbocycles. The molecule has 0 unspecified atom stereocenters. The number of rotatable bonds is 2. The van der Waals surface area contributed by atoms with Crippen molar-refractivity contribution in [3.63, 3.8) is 0 Å². The highest BCUT2D eigenvalue weighted by atomic mass is 35.5. The summed E-state index contributed by atoms with van der Waals surface area (Å²) < 4.78 is 0. The second kappa shape index (κ2) is 5.57. The van der Waals surface area contributed by atoms with Crippen LogP contribution in [0.1, 0.15) is 24.1 Å². The van der Waals surface area contributed by atoms with Gasteiger partial charge in [-0.25, -0.2) is 4.98 Å². The van der Waals surface area contributed by atoms with E-state index in [-0.39, 0.29) is 0 Å². The van der Waals surface area contributed by atoms with Crippen LogP contribution in [0.5, 0.6) is 0 Å². The molecule has 0 saturated heterocycles. The first-order valence-corrected chi connectivity index (χ1v) is 7.00. The Morgan fingerprint density at radius 2 is 2.00 bits per heavy atom. The molecule has 2 heterocycles. The number of fused-ring (bicyclic) bond motifs is 1. The van der Waals surface area contributed by atoms with Crippen LogP contribution >= 0.6 is 11.6 Å². The number of para-hydroxylation sites is 1. The number of hydrogen-bond donors (Lipinski definition) is 0. The van der Waals surface area contributed by atoms with Crippen molar-refractivity contribution in [2.75, 3.05) is 11.4 Å². The molecule has 3 nitrogen and oxygen atoms in total. The van der Waals surface area contributed by atoms with Crippen molar-refractivity contribution >= 4 is 17.3 Å². The number of aryl methyl sites for hydroxylation is 1. The molecule has 19 heavy (non-hydrogen) atoms. The van der Waals surface area contributed by atoms with Gasteiger partial charge in [-0.3, -0.25) is 4.98 Å². The molecule has 1 aliphatic heterocycles. The quantitative estimate of drug-likeness (QED) is 0.839. The van der Waals surface area contributed by atoms with Crippen LogP contribution in [0, 0.1) is 0 Å². The molecule has 3 rings (SSSR count). The first kappa shape index (κ1) is 12.4. The van der Waals surface area contributed by atoms with Crippen LogP contribution in [0.2, 0.25) is 5.15 Å². The van der Waals surface area contributed by atoms with Gasteiger partial charge in [-0.15, -0.1) is 0 Å². The molecule has 4 heteroatoms. The minimum absolute atomic E-state index is 0.444. The third-order valence-corrected chi connectivity index (χ3v) is 3.68. The number of anilines is 1. The molecule has 1 aliphatic rings. The van der Waals surface area contributed by atoms with E-state index in [0.29, 0.717) is 5.15 Å². The average Bonchev–Trinajstić information content (AvgIpc) is 2.64. The van der Waals surface area contributed by atoms with Gasteiger partial charge in [0, 0.05) is 12.2 Å². The first-order chi connectivity index (χ1) is 9.33. The fourth-order valence-corrected chi connectivity index (χ4v) is 2.65. The predicted octanol–water partition coefficient (Wildman–Crippen LogP) is 3.47. The first-order valence-electron chi connectivity index (χ1n) is 6.62. The summed E-state index contributed by atoms with van der Waals surface area (Å²) in [4.78, 5) is 10.8. The number of aromatic nitrogens is 2. The van der Waals surface area contributed by atoms with Crippen LogP contribution < -0.4 is 4.90 Å². The molecule has 0 amide bonds. The Balaban J connectivity index is 1.86. The molecule has 0 saturated carbocycles. The molecule has 1 aromatic heterocycles. The second-order valence-electron chi connectivity index (χ2n) is 4.84. The highest BCUT2D eigenvalue weighted by Gasteiger charge is 2.15. The van der Waals surface area contributed by atoms with Gasteiger partial charge in [0.25, 0.3) is 0 Å². The summed E-state index contributed by atoms with van der Waals surface area (Å²) in [6, 6.07) is 8.64. The van der Waals surface area contributed by atoms with Crippen LogP contribution in [-0.4, -0.2) is 16.5 Å². The van der Waals surface area contributed by atoms with Gasteiger partial charge in [0.2, 0.25) is 0 Å². The van der Waals surface area contributed by atoms with E-state index in [0.717, 1.165) is 18.8 Å². The number of benzene rings is 1. The fraction of sp³-hybridized carbons (Fsp3) is 0.333. The van der Waals surface area contributed by atoms with Crippen molar-refractivity contribution in [2.24, 2.45) is 0 Å². The van der Waals surface area contributed by atoms with Crippen LogP contribution in [0.15, 0.2) is 36.7 Å². The zero-order chi connectivity index (χ0) is 13.1. The Morgan fingerprint density at radius 1 is 1.11 bits per heavy atom. The summed E-state index contributed by atoms with van der Waals surface area (Å²) in [6.07, 6.45) is 7.00. The third-order valence-electron chi connectivity index (χ3n) is 3.48. The van der Waals surface area contributed by atoms with Gasteiger partial charge in [0.1, 0.15) is 5.15 Å². The van der Waals surface area contributed by atoms with Crippen LogP contribution in [0.4, 0.5) is 5.69 Å². The van der Waals surface area contributed by atoms with Crippen LogP contribution in [0.3, 0.4) is 0 Å². The minimum atomic E-state index is 0.444. The molecular formula is C15H16ClN3. The Morgan fingerprint density at radius 3 is 2.84 bits per heavy atom. The van der Waals surface area contributed by atoms with Gasteiger partial charge in [-0.05, 0) is 30.9 Å². The molecule has 0 spiro atoms. The maximum Gasteiger partial charge on any atom is 0.147 e. The van der Waals surface area contributed by atoms with Crippen molar-refractivity contribution in [3.05, 3.63) is 53.1 Å². The highest BCUT2D eigenvalue weighted by molar-refractivity contribution is 6.29. The maximum absolute atomic E-state index is 5.77. The Hall–Kier alpha value is -1.61. The van der Waals surface area contributed by atoms with Gasteiger partial charge in [-0.1, -0.05) is 29.8 Å². The highest BCUT2D eigenvalue weighted by Crippen LogP contribution is 2.27. The van der Waals surface area contributed by atoms with Crippen LogP contribution in [0.25, 0.3) is 0 Å².